The number of nitrogens with two attached hydrogens (primary N) is 1. The predicted octanol–water partition coefficient (Wildman–Crippen LogP) is 5.00. The van der Waals surface area contributed by atoms with Crippen LogP contribution in [0.3, 0.4) is 0 Å². The van der Waals surface area contributed by atoms with Crippen LogP contribution in [0.2, 0.25) is 0 Å². The van der Waals surface area contributed by atoms with Crippen LogP contribution in [0.15, 0.2) is 91.0 Å². The standard InChI is InChI=1S/C18H18N3OP/c19-23(22,20-16-10-4-1-5-11-16)21(17-12-6-2-7-13-17)18-14-8-3-9-15-18/h1-15H,(H3,19,20,22). The summed E-state index contributed by atoms with van der Waals surface area (Å²) in [6, 6.07) is 28.3. The molecule has 3 aromatic carbocycles. The van der Waals surface area contributed by atoms with Crippen LogP contribution in [-0.2, 0) is 4.57 Å². The van der Waals surface area contributed by atoms with Crippen LogP contribution in [0.1, 0.15) is 0 Å². The third-order valence-corrected chi connectivity index (χ3v) is 5.00. The Hall–Kier alpha value is -2.55. The van der Waals surface area contributed by atoms with Crippen molar-refractivity contribution in [3.05, 3.63) is 91.0 Å². The maximum atomic E-state index is 13.3. The first-order valence-electron chi connectivity index (χ1n) is 7.29. The third kappa shape index (κ3) is 3.62. The van der Waals surface area contributed by atoms with Gasteiger partial charge in [-0.15, -0.1) is 0 Å². The van der Waals surface area contributed by atoms with Crippen molar-refractivity contribution in [2.45, 2.75) is 0 Å². The van der Waals surface area contributed by atoms with Gasteiger partial charge in [0.15, 0.2) is 0 Å². The van der Waals surface area contributed by atoms with E-state index < -0.39 is 7.59 Å². The van der Waals surface area contributed by atoms with Crippen molar-refractivity contribution < 1.29 is 4.57 Å². The number of benzene rings is 3. The molecule has 3 aromatic rings. The maximum absolute atomic E-state index is 13.3. The van der Waals surface area contributed by atoms with Crippen molar-refractivity contribution in [1.82, 2.24) is 0 Å². The van der Waals surface area contributed by atoms with Gasteiger partial charge >= 0.3 is 7.59 Å². The summed E-state index contributed by atoms with van der Waals surface area (Å²) in [5, 5.41) is 2.97. The Kier molecular flexibility index (Phi) is 4.47. The van der Waals surface area contributed by atoms with Crippen molar-refractivity contribution in [3.63, 3.8) is 0 Å². The molecule has 23 heavy (non-hydrogen) atoms. The minimum atomic E-state index is -3.39. The van der Waals surface area contributed by atoms with Crippen LogP contribution < -0.4 is 15.3 Å². The average molecular weight is 323 g/mol. The molecular weight excluding hydrogens is 305 g/mol. The SMILES string of the molecule is NP(=O)(Nc1ccccc1)N(c1ccccc1)c1ccccc1. The molecular formula is C18H18N3OP. The second kappa shape index (κ2) is 6.69. The van der Waals surface area contributed by atoms with Gasteiger partial charge in [0.2, 0.25) is 0 Å². The van der Waals surface area contributed by atoms with Crippen LogP contribution in [0, 0.1) is 0 Å². The first-order chi connectivity index (χ1) is 11.2. The van der Waals surface area contributed by atoms with E-state index in [1.807, 2.05) is 91.0 Å². The normalized spacial score (nSPS) is 13.1. The zero-order valence-electron chi connectivity index (χ0n) is 12.5. The van der Waals surface area contributed by atoms with Gasteiger partial charge < -0.3 is 5.09 Å². The summed E-state index contributed by atoms with van der Waals surface area (Å²) in [6.45, 7) is 0. The monoisotopic (exact) mass is 323 g/mol. The Labute approximate surface area is 136 Å². The molecule has 0 aliphatic rings. The molecule has 3 rings (SSSR count). The smallest absolute Gasteiger partial charge is 0.308 e. The number of hydrogen-bond donors (Lipinski definition) is 2. The van der Waals surface area contributed by atoms with Gasteiger partial charge in [0.05, 0.1) is 11.4 Å². The van der Waals surface area contributed by atoms with E-state index in [0.29, 0.717) is 0 Å². The van der Waals surface area contributed by atoms with Crippen molar-refractivity contribution in [1.29, 1.82) is 0 Å². The van der Waals surface area contributed by atoms with Crippen LogP contribution in [0.25, 0.3) is 0 Å². The summed E-state index contributed by atoms with van der Waals surface area (Å²) in [5.41, 5.74) is 8.49. The van der Waals surface area contributed by atoms with Crippen molar-refractivity contribution in [3.8, 4) is 0 Å². The first kappa shape index (κ1) is 15.3. The van der Waals surface area contributed by atoms with Gasteiger partial charge in [-0.05, 0) is 36.4 Å². The molecule has 0 aromatic heterocycles. The fraction of sp³-hybridized carbons (Fsp3) is 0. The van der Waals surface area contributed by atoms with Crippen LogP contribution in [-0.4, -0.2) is 0 Å². The second-order valence-electron chi connectivity index (χ2n) is 5.08. The van der Waals surface area contributed by atoms with Crippen LogP contribution >= 0.6 is 7.59 Å². The molecule has 1 unspecified atom stereocenters. The molecule has 0 radical (unpaired) electrons. The number of nitrogens with zero attached hydrogens (tertiary/aromatic N) is 1. The number of hydrogen-bond acceptors (Lipinski definition) is 1. The van der Waals surface area contributed by atoms with E-state index in [9.17, 15) is 4.57 Å². The van der Waals surface area contributed by atoms with Gasteiger partial charge in [0, 0.05) is 5.69 Å². The average Bonchev–Trinajstić information content (AvgIpc) is 2.57. The molecule has 0 amide bonds. The van der Waals surface area contributed by atoms with E-state index in [-0.39, 0.29) is 0 Å². The molecule has 4 nitrogen and oxygen atoms in total. The molecule has 0 aliphatic heterocycles. The zero-order chi connectivity index (χ0) is 16.1. The molecule has 5 heteroatoms. The zero-order valence-corrected chi connectivity index (χ0v) is 13.4. The molecule has 0 fully saturated rings. The first-order valence-corrected chi connectivity index (χ1v) is 9.02. The highest BCUT2D eigenvalue weighted by atomic mass is 31.2. The fourth-order valence-corrected chi connectivity index (χ4v) is 3.95. The van der Waals surface area contributed by atoms with E-state index >= 15 is 0 Å². The molecule has 3 N–H and O–H groups in total. The minimum Gasteiger partial charge on any atom is -0.308 e. The molecule has 0 heterocycles. The summed E-state index contributed by atoms with van der Waals surface area (Å²) in [4.78, 5) is 0. The molecule has 1 atom stereocenters. The number of anilines is 3. The molecule has 116 valence electrons. The highest BCUT2D eigenvalue weighted by molar-refractivity contribution is 7.65. The largest absolute Gasteiger partial charge is 0.332 e. The summed E-state index contributed by atoms with van der Waals surface area (Å²) >= 11 is 0. The number of rotatable bonds is 5. The molecule has 0 bridgehead atoms. The van der Waals surface area contributed by atoms with Gasteiger partial charge in [0.25, 0.3) is 0 Å². The minimum absolute atomic E-state index is 0.718. The van der Waals surface area contributed by atoms with Gasteiger partial charge in [0.1, 0.15) is 0 Å². The van der Waals surface area contributed by atoms with Gasteiger partial charge in [-0.25, -0.2) is 5.50 Å². The molecule has 0 saturated heterocycles. The van der Waals surface area contributed by atoms with Gasteiger partial charge in [-0.3, -0.25) is 9.24 Å². The fourth-order valence-electron chi connectivity index (χ4n) is 2.38. The van der Waals surface area contributed by atoms with Crippen LogP contribution in [0.4, 0.5) is 17.1 Å². The van der Waals surface area contributed by atoms with E-state index in [1.165, 1.54) is 0 Å². The lowest BCUT2D eigenvalue weighted by molar-refractivity contribution is 0.579. The second-order valence-corrected chi connectivity index (χ2v) is 6.95. The number of para-hydroxylation sites is 3. The van der Waals surface area contributed by atoms with Crippen molar-refractivity contribution >= 4 is 24.7 Å². The van der Waals surface area contributed by atoms with Crippen molar-refractivity contribution in [2.24, 2.45) is 5.50 Å². The Morgan fingerprint density at radius 1 is 0.696 bits per heavy atom. The lowest BCUT2D eigenvalue weighted by Crippen LogP contribution is -2.24. The molecule has 0 saturated carbocycles. The summed E-state index contributed by atoms with van der Waals surface area (Å²) in [7, 11) is -3.39. The quantitative estimate of drug-likeness (QED) is 0.648. The van der Waals surface area contributed by atoms with Crippen molar-refractivity contribution in [2.75, 3.05) is 9.76 Å². The van der Waals surface area contributed by atoms with E-state index in [4.69, 9.17) is 5.50 Å². The third-order valence-electron chi connectivity index (χ3n) is 3.36. The lowest BCUT2D eigenvalue weighted by Gasteiger charge is -2.31. The molecule has 0 aliphatic carbocycles. The topological polar surface area (TPSA) is 58.4 Å². The lowest BCUT2D eigenvalue weighted by atomic mass is 10.3. The Morgan fingerprint density at radius 2 is 1.09 bits per heavy atom. The van der Waals surface area contributed by atoms with Crippen LogP contribution in [0.5, 0.6) is 0 Å². The molecule has 0 spiro atoms. The van der Waals surface area contributed by atoms with Gasteiger partial charge in [-0.1, -0.05) is 54.6 Å². The van der Waals surface area contributed by atoms with E-state index in [0.717, 1.165) is 17.1 Å². The summed E-state index contributed by atoms with van der Waals surface area (Å²) < 4.78 is 14.9. The highest BCUT2D eigenvalue weighted by Gasteiger charge is 2.28. The summed E-state index contributed by atoms with van der Waals surface area (Å²) in [5.74, 6) is 0. The van der Waals surface area contributed by atoms with E-state index in [2.05, 4.69) is 5.09 Å². The summed E-state index contributed by atoms with van der Waals surface area (Å²) in [6.07, 6.45) is 0. The predicted molar refractivity (Wildman–Crippen MR) is 96.9 cm³/mol. The highest BCUT2D eigenvalue weighted by Crippen LogP contribution is 2.49. The maximum Gasteiger partial charge on any atom is 0.332 e. The Bertz CT molecular complexity index is 755. The van der Waals surface area contributed by atoms with E-state index in [1.54, 1.807) is 4.67 Å². The van der Waals surface area contributed by atoms with Gasteiger partial charge in [-0.2, -0.15) is 0 Å². The number of nitrogens with one attached hydrogen (secondary N) is 1. The Balaban J connectivity index is 2.03. The Morgan fingerprint density at radius 3 is 1.52 bits per heavy atom.